The Morgan fingerprint density at radius 3 is 2.63 bits per heavy atom. The van der Waals surface area contributed by atoms with Crippen LogP contribution in [0.25, 0.3) is 0 Å². The van der Waals surface area contributed by atoms with E-state index < -0.39 is 0 Å². The number of carbonyl (C=O) groups excluding carboxylic acids is 1. The molecule has 0 aromatic heterocycles. The van der Waals surface area contributed by atoms with Crippen molar-refractivity contribution in [2.75, 3.05) is 12.9 Å². The van der Waals surface area contributed by atoms with Gasteiger partial charge in [-0.15, -0.1) is 0 Å². The largest absolute Gasteiger partial charge is 0.469 e. The summed E-state index contributed by atoms with van der Waals surface area (Å²) < 4.78 is 4.80. The summed E-state index contributed by atoms with van der Waals surface area (Å²) in [6, 6.07) is 0.326. The third kappa shape index (κ3) is 4.12. The van der Waals surface area contributed by atoms with E-state index in [0.717, 1.165) is 12.2 Å². The smallest absolute Gasteiger partial charge is 0.306 e. The van der Waals surface area contributed by atoms with Crippen LogP contribution in [-0.4, -0.2) is 30.1 Å². The van der Waals surface area contributed by atoms with E-state index in [1.165, 1.54) is 32.8 Å². The van der Waals surface area contributed by atoms with Crippen LogP contribution in [0.1, 0.15) is 52.4 Å². The first-order chi connectivity index (χ1) is 8.86. The van der Waals surface area contributed by atoms with Crippen molar-refractivity contribution >= 4 is 17.7 Å². The molecule has 3 nitrogen and oxygen atoms in total. The van der Waals surface area contributed by atoms with E-state index >= 15 is 0 Å². The normalized spacial score (nSPS) is 31.8. The fourth-order valence-corrected chi connectivity index (χ4v) is 4.85. The number of rotatable bonds is 5. The van der Waals surface area contributed by atoms with Crippen molar-refractivity contribution < 1.29 is 9.53 Å². The Morgan fingerprint density at radius 2 is 2.05 bits per heavy atom. The Labute approximate surface area is 121 Å². The van der Waals surface area contributed by atoms with Gasteiger partial charge in [-0.2, -0.15) is 11.8 Å². The Kier molecular flexibility index (Phi) is 4.51. The van der Waals surface area contributed by atoms with Crippen LogP contribution in [0.4, 0.5) is 0 Å². The third-order valence-corrected chi connectivity index (χ3v) is 6.42. The second-order valence-corrected chi connectivity index (χ2v) is 8.40. The van der Waals surface area contributed by atoms with E-state index in [4.69, 9.17) is 10.5 Å². The quantitative estimate of drug-likeness (QED) is 0.789. The first-order valence-corrected chi connectivity index (χ1v) is 8.35. The second kappa shape index (κ2) is 5.65. The van der Waals surface area contributed by atoms with Gasteiger partial charge in [-0.05, 0) is 48.7 Å². The number of esters is 1. The molecule has 2 saturated carbocycles. The van der Waals surface area contributed by atoms with Crippen LogP contribution < -0.4 is 5.73 Å². The second-order valence-electron chi connectivity index (χ2n) is 7.17. The molecular formula is C15H27NO2S. The number of hydrogen-bond donors (Lipinski definition) is 1. The molecule has 2 rings (SSSR count). The molecule has 2 unspecified atom stereocenters. The molecule has 2 atom stereocenters. The summed E-state index contributed by atoms with van der Waals surface area (Å²) in [7, 11) is 1.48. The van der Waals surface area contributed by atoms with Crippen LogP contribution in [0.15, 0.2) is 0 Å². The minimum atomic E-state index is -0.0635. The number of nitrogens with two attached hydrogens (primary N) is 1. The van der Waals surface area contributed by atoms with E-state index in [2.05, 4.69) is 13.8 Å². The predicted molar refractivity (Wildman–Crippen MR) is 80.2 cm³/mol. The zero-order chi connectivity index (χ0) is 14.1. The molecule has 110 valence electrons. The number of thioether (sulfide) groups is 1. The lowest BCUT2D eigenvalue weighted by Gasteiger charge is -2.39. The summed E-state index contributed by atoms with van der Waals surface area (Å²) in [5.74, 6) is 1.00. The highest BCUT2D eigenvalue weighted by molar-refractivity contribution is 8.00. The summed E-state index contributed by atoms with van der Waals surface area (Å²) in [5.41, 5.74) is 6.91. The van der Waals surface area contributed by atoms with Crippen LogP contribution in [0, 0.1) is 10.8 Å². The van der Waals surface area contributed by atoms with E-state index in [1.54, 1.807) is 0 Å². The number of ether oxygens (including phenoxy) is 1. The molecule has 0 radical (unpaired) electrons. The van der Waals surface area contributed by atoms with Gasteiger partial charge in [-0.1, -0.05) is 13.8 Å². The molecular weight excluding hydrogens is 258 g/mol. The van der Waals surface area contributed by atoms with Gasteiger partial charge in [0.2, 0.25) is 0 Å². The number of methoxy groups -OCH3 is 1. The van der Waals surface area contributed by atoms with E-state index in [1.807, 2.05) is 11.8 Å². The highest BCUT2D eigenvalue weighted by Gasteiger charge is 2.45. The van der Waals surface area contributed by atoms with Crippen molar-refractivity contribution in [1.29, 1.82) is 0 Å². The average Bonchev–Trinajstić information content (AvgIpc) is 3.10. The minimum Gasteiger partial charge on any atom is -0.469 e. The molecule has 2 aliphatic rings. The van der Waals surface area contributed by atoms with Crippen molar-refractivity contribution in [1.82, 2.24) is 0 Å². The molecule has 0 bridgehead atoms. The molecule has 0 spiro atoms. The molecule has 19 heavy (non-hydrogen) atoms. The van der Waals surface area contributed by atoms with Crippen molar-refractivity contribution in [3.63, 3.8) is 0 Å². The van der Waals surface area contributed by atoms with Crippen molar-refractivity contribution in [2.24, 2.45) is 16.6 Å². The topological polar surface area (TPSA) is 52.3 Å². The van der Waals surface area contributed by atoms with Gasteiger partial charge < -0.3 is 10.5 Å². The van der Waals surface area contributed by atoms with Crippen LogP contribution in [0.2, 0.25) is 0 Å². The Hall–Kier alpha value is -0.220. The van der Waals surface area contributed by atoms with Crippen molar-refractivity contribution in [3.8, 4) is 0 Å². The molecule has 2 fully saturated rings. The van der Waals surface area contributed by atoms with Gasteiger partial charge in [0.25, 0.3) is 0 Å². The number of hydrogen-bond acceptors (Lipinski definition) is 4. The van der Waals surface area contributed by atoms with E-state index in [9.17, 15) is 4.79 Å². The molecule has 0 saturated heterocycles. The molecule has 0 aliphatic heterocycles. The fourth-order valence-electron chi connectivity index (χ4n) is 2.93. The predicted octanol–water partition coefficient (Wildman–Crippen LogP) is 2.97. The summed E-state index contributed by atoms with van der Waals surface area (Å²) in [4.78, 5) is 11.4. The lowest BCUT2D eigenvalue weighted by molar-refractivity contribution is -0.141. The highest BCUT2D eigenvalue weighted by Crippen LogP contribution is 2.53. The van der Waals surface area contributed by atoms with Gasteiger partial charge in [0.1, 0.15) is 0 Å². The van der Waals surface area contributed by atoms with Gasteiger partial charge >= 0.3 is 5.97 Å². The van der Waals surface area contributed by atoms with Crippen LogP contribution in [0.3, 0.4) is 0 Å². The summed E-state index contributed by atoms with van der Waals surface area (Å²) >= 11 is 2.00. The van der Waals surface area contributed by atoms with Crippen LogP contribution in [0.5, 0.6) is 0 Å². The van der Waals surface area contributed by atoms with E-state index in [0.29, 0.717) is 23.1 Å². The maximum Gasteiger partial charge on any atom is 0.306 e. The van der Waals surface area contributed by atoms with Gasteiger partial charge in [-0.25, -0.2) is 0 Å². The maximum absolute atomic E-state index is 11.4. The molecule has 0 amide bonds. The lowest BCUT2D eigenvalue weighted by Crippen LogP contribution is -2.41. The number of carbonyl (C=O) groups is 1. The molecule has 2 aliphatic carbocycles. The molecule has 4 heteroatoms. The standard InChI is InChI=1S/C15H27NO2S/c1-14(2)5-4-11(16)12(8-14)19-10-15(6-7-15)9-13(17)18-3/h11-12H,4-10,16H2,1-3H3. The van der Waals surface area contributed by atoms with Gasteiger partial charge in [0.15, 0.2) is 0 Å². The molecule has 0 heterocycles. The zero-order valence-corrected chi connectivity index (χ0v) is 13.2. The average molecular weight is 285 g/mol. The first-order valence-electron chi connectivity index (χ1n) is 7.30. The first kappa shape index (κ1) is 15.2. The molecule has 2 N–H and O–H groups in total. The SMILES string of the molecule is COC(=O)CC1(CSC2CC(C)(C)CCC2N)CC1. The van der Waals surface area contributed by atoms with Gasteiger partial charge in [0, 0.05) is 11.3 Å². The molecule has 0 aromatic rings. The van der Waals surface area contributed by atoms with Crippen molar-refractivity contribution in [2.45, 2.75) is 63.7 Å². The van der Waals surface area contributed by atoms with E-state index in [-0.39, 0.29) is 11.4 Å². The monoisotopic (exact) mass is 285 g/mol. The third-order valence-electron chi connectivity index (χ3n) is 4.69. The summed E-state index contributed by atoms with van der Waals surface area (Å²) in [5, 5.41) is 0.555. The Bertz CT molecular complexity index is 339. The Balaban J connectivity index is 1.83. The molecule has 0 aromatic carbocycles. The zero-order valence-electron chi connectivity index (χ0n) is 12.4. The Morgan fingerprint density at radius 1 is 1.37 bits per heavy atom. The maximum atomic E-state index is 11.4. The van der Waals surface area contributed by atoms with Crippen LogP contribution >= 0.6 is 11.8 Å². The summed E-state index contributed by atoms with van der Waals surface area (Å²) in [6.45, 7) is 4.68. The highest BCUT2D eigenvalue weighted by atomic mass is 32.2. The minimum absolute atomic E-state index is 0.0635. The lowest BCUT2D eigenvalue weighted by atomic mass is 9.75. The van der Waals surface area contributed by atoms with Gasteiger partial charge in [0.05, 0.1) is 13.5 Å². The summed E-state index contributed by atoms with van der Waals surface area (Å²) in [6.07, 6.45) is 6.49. The fraction of sp³-hybridized carbons (Fsp3) is 0.933. The van der Waals surface area contributed by atoms with Crippen LogP contribution in [-0.2, 0) is 9.53 Å². The van der Waals surface area contributed by atoms with Crippen molar-refractivity contribution in [3.05, 3.63) is 0 Å². The van der Waals surface area contributed by atoms with Gasteiger partial charge in [-0.3, -0.25) is 4.79 Å².